The highest BCUT2D eigenvalue weighted by molar-refractivity contribution is 6.00. The Bertz CT molecular complexity index is 1420. The fourth-order valence-corrected chi connectivity index (χ4v) is 3.60. The second kappa shape index (κ2) is 12.4. The smallest absolute Gasteiger partial charge is 0.328 e. The third kappa shape index (κ3) is 7.22. The van der Waals surface area contributed by atoms with Gasteiger partial charge in [0.1, 0.15) is 23.2 Å². The summed E-state index contributed by atoms with van der Waals surface area (Å²) in [5.41, 5.74) is 2.25. The summed E-state index contributed by atoms with van der Waals surface area (Å²) in [6.07, 6.45) is 0. The highest BCUT2D eigenvalue weighted by Crippen LogP contribution is 2.24. The first kappa shape index (κ1) is 26.9. The summed E-state index contributed by atoms with van der Waals surface area (Å²) in [4.78, 5) is 36.9. The van der Waals surface area contributed by atoms with Gasteiger partial charge in [-0.15, -0.1) is 0 Å². The van der Waals surface area contributed by atoms with Crippen LogP contribution in [0.4, 0.5) is 16.2 Å². The summed E-state index contributed by atoms with van der Waals surface area (Å²) in [5.74, 6) is 0.0458. The maximum Gasteiger partial charge on any atom is 0.328 e. The molecule has 3 aromatic carbocycles. The minimum absolute atomic E-state index is 0.0404. The molecule has 0 aliphatic heterocycles. The number of hydrogen-bond donors (Lipinski definition) is 3. The summed E-state index contributed by atoms with van der Waals surface area (Å²) in [5, 5.41) is 12.1. The lowest BCUT2D eigenvalue weighted by Gasteiger charge is -2.18. The Kier molecular flexibility index (Phi) is 8.57. The van der Waals surface area contributed by atoms with Crippen LogP contribution in [-0.2, 0) is 9.53 Å². The molecule has 1 heterocycles. The van der Waals surface area contributed by atoms with Crippen LogP contribution in [0, 0.1) is 5.92 Å². The molecule has 4 aromatic rings. The molecular formula is C29H28N4O6. The molecule has 0 saturated carbocycles. The van der Waals surface area contributed by atoms with Crippen LogP contribution in [0.15, 0.2) is 89.5 Å². The van der Waals surface area contributed by atoms with Crippen LogP contribution >= 0.6 is 0 Å². The zero-order chi connectivity index (χ0) is 27.8. The van der Waals surface area contributed by atoms with Crippen molar-refractivity contribution in [2.24, 2.45) is 5.92 Å². The number of aromatic nitrogens is 1. The fourth-order valence-electron chi connectivity index (χ4n) is 3.60. The summed E-state index contributed by atoms with van der Waals surface area (Å²) in [7, 11) is 1.26. The van der Waals surface area contributed by atoms with E-state index in [1.807, 2.05) is 30.3 Å². The molecule has 200 valence electrons. The molecule has 0 radical (unpaired) electrons. The first-order chi connectivity index (χ1) is 18.8. The number of rotatable bonds is 9. The first-order valence-electron chi connectivity index (χ1n) is 12.2. The van der Waals surface area contributed by atoms with Gasteiger partial charge in [-0.25, -0.2) is 9.59 Å². The third-order valence-electron chi connectivity index (χ3n) is 5.67. The van der Waals surface area contributed by atoms with E-state index in [0.717, 1.165) is 5.75 Å². The molecule has 10 nitrogen and oxygen atoms in total. The molecule has 1 aromatic heterocycles. The van der Waals surface area contributed by atoms with E-state index in [1.54, 1.807) is 62.4 Å². The molecule has 1 atom stereocenters. The fraction of sp³-hybridized carbons (Fsp3) is 0.172. The number of urea groups is 1. The minimum atomic E-state index is -0.812. The van der Waals surface area contributed by atoms with E-state index in [9.17, 15) is 14.4 Å². The zero-order valence-corrected chi connectivity index (χ0v) is 21.6. The number of hydrogen-bond acceptors (Lipinski definition) is 7. The third-order valence-corrected chi connectivity index (χ3v) is 5.67. The van der Waals surface area contributed by atoms with Gasteiger partial charge < -0.3 is 29.9 Å². The molecule has 10 heteroatoms. The second-order valence-electron chi connectivity index (χ2n) is 8.89. The van der Waals surface area contributed by atoms with E-state index in [0.29, 0.717) is 28.4 Å². The topological polar surface area (TPSA) is 132 Å². The molecule has 0 bridgehead atoms. The average Bonchev–Trinajstić information content (AvgIpc) is 3.44. The molecule has 0 aliphatic carbocycles. The quantitative estimate of drug-likeness (QED) is 0.237. The monoisotopic (exact) mass is 528 g/mol. The number of amides is 3. The maximum absolute atomic E-state index is 12.5. The Labute approximate surface area is 225 Å². The van der Waals surface area contributed by atoms with Gasteiger partial charge in [0, 0.05) is 23.0 Å². The van der Waals surface area contributed by atoms with Crippen LogP contribution in [0.1, 0.15) is 24.4 Å². The van der Waals surface area contributed by atoms with Gasteiger partial charge in [-0.3, -0.25) is 4.79 Å². The van der Waals surface area contributed by atoms with Crippen LogP contribution in [-0.4, -0.2) is 36.2 Å². The number of ether oxygens (including phenoxy) is 2. The van der Waals surface area contributed by atoms with Crippen LogP contribution in [0.5, 0.6) is 11.5 Å². The van der Waals surface area contributed by atoms with Gasteiger partial charge >= 0.3 is 12.0 Å². The molecular weight excluding hydrogens is 500 g/mol. The van der Waals surface area contributed by atoms with Gasteiger partial charge in [0.05, 0.1) is 7.11 Å². The number of carbonyl (C=O) groups is 3. The molecule has 3 amide bonds. The zero-order valence-electron chi connectivity index (χ0n) is 21.6. The van der Waals surface area contributed by atoms with E-state index >= 15 is 0 Å². The van der Waals surface area contributed by atoms with Crippen molar-refractivity contribution in [2.45, 2.75) is 19.9 Å². The Balaban J connectivity index is 1.31. The van der Waals surface area contributed by atoms with Crippen molar-refractivity contribution < 1.29 is 28.4 Å². The standard InChI is InChI=1S/C29H28N4O6/c1-18(2)26(28(35)37-3)32-27(34)25-17-24(33-39-25)19-9-11-20(12-10-19)30-29(36)31-21-13-15-23(16-14-21)38-22-7-5-4-6-8-22/h4-18,26H,1-3H3,(H,32,34)(H2,30,31,36)/t26-/m0/s1. The number of benzene rings is 3. The summed E-state index contributed by atoms with van der Waals surface area (Å²) < 4.78 is 15.7. The Morgan fingerprint density at radius 2 is 1.41 bits per heavy atom. The van der Waals surface area contributed by atoms with Crippen molar-refractivity contribution in [1.82, 2.24) is 10.5 Å². The lowest BCUT2D eigenvalue weighted by atomic mass is 10.0. The molecule has 0 saturated heterocycles. The largest absolute Gasteiger partial charge is 0.467 e. The van der Waals surface area contributed by atoms with Crippen LogP contribution in [0.3, 0.4) is 0 Å². The summed E-state index contributed by atoms with van der Waals surface area (Å²) >= 11 is 0. The number of para-hydroxylation sites is 1. The summed E-state index contributed by atoms with van der Waals surface area (Å²) in [6, 6.07) is 23.6. The number of carbonyl (C=O) groups excluding carboxylic acids is 3. The van der Waals surface area contributed by atoms with Crippen molar-refractivity contribution in [1.29, 1.82) is 0 Å². The Morgan fingerprint density at radius 1 is 0.821 bits per heavy atom. The van der Waals surface area contributed by atoms with Gasteiger partial charge in [-0.2, -0.15) is 0 Å². The van der Waals surface area contributed by atoms with Crippen molar-refractivity contribution in [3.05, 3.63) is 90.7 Å². The van der Waals surface area contributed by atoms with Gasteiger partial charge in [0.15, 0.2) is 0 Å². The van der Waals surface area contributed by atoms with Crippen molar-refractivity contribution in [2.75, 3.05) is 17.7 Å². The molecule has 0 spiro atoms. The van der Waals surface area contributed by atoms with E-state index in [-0.39, 0.29) is 11.7 Å². The molecule has 3 N–H and O–H groups in total. The van der Waals surface area contributed by atoms with Gasteiger partial charge in [0.25, 0.3) is 5.91 Å². The van der Waals surface area contributed by atoms with Crippen LogP contribution in [0.25, 0.3) is 11.3 Å². The predicted molar refractivity (Wildman–Crippen MR) is 146 cm³/mol. The van der Waals surface area contributed by atoms with E-state index in [1.165, 1.54) is 13.2 Å². The van der Waals surface area contributed by atoms with Crippen molar-refractivity contribution >= 4 is 29.3 Å². The molecule has 0 aliphatic rings. The molecule has 0 fully saturated rings. The minimum Gasteiger partial charge on any atom is -0.467 e. The normalized spacial score (nSPS) is 11.4. The number of methoxy groups -OCH3 is 1. The number of nitrogens with one attached hydrogen (secondary N) is 3. The SMILES string of the molecule is COC(=O)[C@@H](NC(=O)c1cc(-c2ccc(NC(=O)Nc3ccc(Oc4ccccc4)cc3)cc2)no1)C(C)C. The predicted octanol–water partition coefficient (Wildman–Crippen LogP) is 5.71. The first-order valence-corrected chi connectivity index (χ1v) is 12.2. The van der Waals surface area contributed by atoms with E-state index in [2.05, 4.69) is 21.1 Å². The number of esters is 1. The Morgan fingerprint density at radius 3 is 2.00 bits per heavy atom. The lowest BCUT2D eigenvalue weighted by molar-refractivity contribution is -0.144. The maximum atomic E-state index is 12.5. The number of nitrogens with zero attached hydrogens (tertiary/aromatic N) is 1. The summed E-state index contributed by atoms with van der Waals surface area (Å²) in [6.45, 7) is 3.59. The molecule has 4 rings (SSSR count). The Hall–Kier alpha value is -5.12. The number of anilines is 2. The van der Waals surface area contributed by atoms with Crippen LogP contribution in [0.2, 0.25) is 0 Å². The highest BCUT2D eigenvalue weighted by atomic mass is 16.5. The second-order valence-corrected chi connectivity index (χ2v) is 8.89. The van der Waals surface area contributed by atoms with Gasteiger partial charge in [0.2, 0.25) is 5.76 Å². The van der Waals surface area contributed by atoms with Crippen LogP contribution < -0.4 is 20.7 Å². The average molecular weight is 529 g/mol. The van der Waals surface area contributed by atoms with Gasteiger partial charge in [-0.1, -0.05) is 49.3 Å². The molecule has 0 unspecified atom stereocenters. The molecule has 39 heavy (non-hydrogen) atoms. The van der Waals surface area contributed by atoms with E-state index < -0.39 is 23.9 Å². The lowest BCUT2D eigenvalue weighted by Crippen LogP contribution is -2.44. The van der Waals surface area contributed by atoms with Crippen molar-refractivity contribution in [3.8, 4) is 22.8 Å². The van der Waals surface area contributed by atoms with Gasteiger partial charge in [-0.05, 0) is 54.4 Å². The highest BCUT2D eigenvalue weighted by Gasteiger charge is 2.27. The van der Waals surface area contributed by atoms with E-state index in [4.69, 9.17) is 14.0 Å². The van der Waals surface area contributed by atoms with Crippen molar-refractivity contribution in [3.63, 3.8) is 0 Å².